The Morgan fingerprint density at radius 1 is 1.07 bits per heavy atom. The van der Waals surface area contributed by atoms with Gasteiger partial charge in [0.25, 0.3) is 0 Å². The largest absolute Gasteiger partial charge is 0.497 e. The highest BCUT2D eigenvalue weighted by Gasteiger charge is 2.39. The molecule has 0 amide bonds. The van der Waals surface area contributed by atoms with Gasteiger partial charge < -0.3 is 19.5 Å². The van der Waals surface area contributed by atoms with Crippen molar-refractivity contribution in [3.63, 3.8) is 0 Å². The Labute approximate surface area is 164 Å². The maximum Gasteiger partial charge on any atom is 0.169 e. The summed E-state index contributed by atoms with van der Waals surface area (Å²) in [6.45, 7) is 2.12. The van der Waals surface area contributed by atoms with E-state index >= 15 is 0 Å². The van der Waals surface area contributed by atoms with E-state index in [1.807, 2.05) is 43.6 Å². The number of aryl methyl sites for hydroxylation is 1. The second-order valence-electron chi connectivity index (χ2n) is 6.67. The summed E-state index contributed by atoms with van der Waals surface area (Å²) < 4.78 is 7.57. The van der Waals surface area contributed by atoms with E-state index in [2.05, 4.69) is 51.0 Å². The van der Waals surface area contributed by atoms with Gasteiger partial charge in [-0.1, -0.05) is 6.07 Å². The number of pyridine rings is 1. The van der Waals surface area contributed by atoms with Gasteiger partial charge in [0, 0.05) is 30.3 Å². The van der Waals surface area contributed by atoms with Crippen LogP contribution in [0.15, 0.2) is 60.8 Å². The maximum absolute atomic E-state index is 5.56. The summed E-state index contributed by atoms with van der Waals surface area (Å²) in [5.74, 6) is 0.845. The molecular weight excluding hydrogens is 356 g/mol. The third-order valence-corrected chi connectivity index (χ3v) is 5.48. The number of nitrogens with one attached hydrogen (secondary N) is 1. The Balaban J connectivity index is 1.81. The van der Waals surface area contributed by atoms with Crippen LogP contribution in [0.3, 0.4) is 0 Å². The monoisotopic (exact) mass is 378 g/mol. The number of nitrogens with zero attached hydrogens (tertiary/aromatic N) is 3. The highest BCUT2D eigenvalue weighted by molar-refractivity contribution is 7.80. The molecule has 27 heavy (non-hydrogen) atoms. The second-order valence-corrected chi connectivity index (χ2v) is 7.06. The number of hydrogen-bond acceptors (Lipinski definition) is 3. The molecule has 0 aliphatic carbocycles. The Kier molecular flexibility index (Phi) is 4.58. The molecule has 2 atom stereocenters. The molecule has 0 radical (unpaired) electrons. The Hall–Kier alpha value is -2.86. The van der Waals surface area contributed by atoms with Crippen LogP contribution in [0.4, 0.5) is 0 Å². The van der Waals surface area contributed by atoms with Crippen LogP contribution >= 0.6 is 12.2 Å². The molecule has 2 aromatic heterocycles. The molecule has 4 rings (SSSR count). The van der Waals surface area contributed by atoms with Crippen LogP contribution in [-0.2, 0) is 0 Å². The van der Waals surface area contributed by atoms with Gasteiger partial charge in [-0.3, -0.25) is 4.98 Å². The average Bonchev–Trinajstić information content (AvgIpc) is 3.22. The van der Waals surface area contributed by atoms with Crippen molar-refractivity contribution in [2.75, 3.05) is 14.2 Å². The van der Waals surface area contributed by atoms with Crippen LogP contribution in [-0.4, -0.2) is 33.7 Å². The molecule has 1 aliphatic rings. The minimum absolute atomic E-state index is 0.00463. The van der Waals surface area contributed by atoms with E-state index in [9.17, 15) is 0 Å². The first kappa shape index (κ1) is 17.5. The van der Waals surface area contributed by atoms with Gasteiger partial charge in [0.1, 0.15) is 5.75 Å². The van der Waals surface area contributed by atoms with Crippen LogP contribution in [0.2, 0.25) is 0 Å². The Bertz CT molecular complexity index is 952. The molecule has 3 aromatic rings. The highest BCUT2D eigenvalue weighted by Crippen LogP contribution is 2.39. The lowest BCUT2D eigenvalue weighted by atomic mass is 10.0. The van der Waals surface area contributed by atoms with Crippen molar-refractivity contribution in [1.82, 2.24) is 19.8 Å². The molecule has 1 N–H and O–H groups in total. The smallest absolute Gasteiger partial charge is 0.169 e. The Morgan fingerprint density at radius 2 is 1.85 bits per heavy atom. The van der Waals surface area contributed by atoms with E-state index in [0.717, 1.165) is 22.2 Å². The first-order chi connectivity index (χ1) is 13.1. The average molecular weight is 379 g/mol. The van der Waals surface area contributed by atoms with Crippen molar-refractivity contribution in [2.24, 2.45) is 0 Å². The van der Waals surface area contributed by atoms with Crippen molar-refractivity contribution in [1.29, 1.82) is 0 Å². The highest BCUT2D eigenvalue weighted by atomic mass is 32.1. The zero-order chi connectivity index (χ0) is 19.0. The van der Waals surface area contributed by atoms with Crippen molar-refractivity contribution in [2.45, 2.75) is 19.0 Å². The molecule has 0 saturated carbocycles. The molecule has 0 unspecified atom stereocenters. The molecule has 0 spiro atoms. The number of ether oxygens (including phenoxy) is 1. The molecule has 1 aromatic carbocycles. The van der Waals surface area contributed by atoms with Gasteiger partial charge in [-0.2, -0.15) is 0 Å². The number of methoxy groups -OCH3 is 1. The van der Waals surface area contributed by atoms with Crippen LogP contribution in [0.1, 0.15) is 29.2 Å². The lowest BCUT2D eigenvalue weighted by Crippen LogP contribution is -2.26. The Morgan fingerprint density at radius 3 is 2.52 bits per heavy atom. The minimum atomic E-state index is -0.00463. The first-order valence-electron chi connectivity index (χ1n) is 8.87. The van der Waals surface area contributed by atoms with E-state index in [-0.39, 0.29) is 12.1 Å². The quantitative estimate of drug-likeness (QED) is 0.700. The van der Waals surface area contributed by atoms with Crippen LogP contribution in [0.25, 0.3) is 5.69 Å². The van der Waals surface area contributed by atoms with E-state index in [1.165, 1.54) is 11.4 Å². The molecule has 5 nitrogen and oxygen atoms in total. The minimum Gasteiger partial charge on any atom is -0.497 e. The van der Waals surface area contributed by atoms with Crippen LogP contribution in [0.5, 0.6) is 5.75 Å². The van der Waals surface area contributed by atoms with Crippen molar-refractivity contribution < 1.29 is 4.74 Å². The first-order valence-corrected chi connectivity index (χ1v) is 9.28. The fourth-order valence-corrected chi connectivity index (χ4v) is 3.94. The molecule has 1 saturated heterocycles. The molecule has 6 heteroatoms. The zero-order valence-corrected chi connectivity index (χ0v) is 16.4. The van der Waals surface area contributed by atoms with Crippen LogP contribution < -0.4 is 10.1 Å². The molecular formula is C21H22N4OS. The number of likely N-dealkylation sites (N-methyl/N-ethyl adjacent to an activating group) is 1. The van der Waals surface area contributed by atoms with Gasteiger partial charge in [-0.15, -0.1) is 0 Å². The number of hydrogen-bond donors (Lipinski definition) is 1. The van der Waals surface area contributed by atoms with Gasteiger partial charge in [0.2, 0.25) is 0 Å². The van der Waals surface area contributed by atoms with Gasteiger partial charge in [0.15, 0.2) is 5.11 Å². The normalized spacial score (nSPS) is 19.2. The summed E-state index contributed by atoms with van der Waals surface area (Å²) >= 11 is 5.56. The van der Waals surface area contributed by atoms with Gasteiger partial charge in [-0.05, 0) is 67.7 Å². The number of benzene rings is 1. The number of thiocarbonyl (C=S) groups is 1. The summed E-state index contributed by atoms with van der Waals surface area (Å²) in [4.78, 5) is 6.68. The predicted molar refractivity (Wildman–Crippen MR) is 110 cm³/mol. The van der Waals surface area contributed by atoms with Gasteiger partial charge in [-0.25, -0.2) is 0 Å². The van der Waals surface area contributed by atoms with Gasteiger partial charge >= 0.3 is 0 Å². The molecule has 1 fully saturated rings. The number of rotatable bonds is 4. The topological polar surface area (TPSA) is 42.3 Å². The molecule has 0 bridgehead atoms. The summed E-state index contributed by atoms with van der Waals surface area (Å²) in [7, 11) is 3.71. The molecule has 138 valence electrons. The predicted octanol–water partition coefficient (Wildman–Crippen LogP) is 3.79. The van der Waals surface area contributed by atoms with Crippen molar-refractivity contribution in [3.05, 3.63) is 77.9 Å². The third kappa shape index (κ3) is 3.06. The maximum atomic E-state index is 5.56. The molecule has 3 heterocycles. The van der Waals surface area contributed by atoms with E-state index in [4.69, 9.17) is 17.0 Å². The fourth-order valence-electron chi connectivity index (χ4n) is 3.70. The summed E-state index contributed by atoms with van der Waals surface area (Å²) in [5.41, 5.74) is 4.41. The lowest BCUT2D eigenvalue weighted by Gasteiger charge is -2.26. The fraction of sp³-hybridized carbons (Fsp3) is 0.238. The zero-order valence-electron chi connectivity index (χ0n) is 15.6. The van der Waals surface area contributed by atoms with Gasteiger partial charge in [0.05, 0.1) is 24.9 Å². The second kappa shape index (κ2) is 7.04. The lowest BCUT2D eigenvalue weighted by molar-refractivity contribution is 0.356. The molecule has 1 aliphatic heterocycles. The standard InChI is InChI=1S/C21H22N4OS/c1-14-7-12-18(25(14)15-8-10-16(26-3)11-9-15)20-19(23-21(27)24(20)2)17-6-4-5-13-22-17/h4-13,19-20H,1-3H3,(H,23,27)/t19-,20-/m1/s1. The summed E-state index contributed by atoms with van der Waals surface area (Å²) in [6.07, 6.45) is 1.82. The van der Waals surface area contributed by atoms with E-state index in [0.29, 0.717) is 0 Å². The summed E-state index contributed by atoms with van der Waals surface area (Å²) in [6, 6.07) is 18.5. The number of aromatic nitrogens is 2. The summed E-state index contributed by atoms with van der Waals surface area (Å²) in [5, 5.41) is 4.17. The third-order valence-electron chi connectivity index (χ3n) is 5.08. The van der Waals surface area contributed by atoms with Crippen molar-refractivity contribution >= 4 is 17.3 Å². The van der Waals surface area contributed by atoms with Crippen molar-refractivity contribution in [3.8, 4) is 11.4 Å². The van der Waals surface area contributed by atoms with E-state index in [1.54, 1.807) is 7.11 Å². The van der Waals surface area contributed by atoms with Crippen LogP contribution in [0, 0.1) is 6.92 Å². The van der Waals surface area contributed by atoms with E-state index < -0.39 is 0 Å². The SMILES string of the molecule is COc1ccc(-n2c(C)ccc2[C@@H]2[C@@H](c3ccccn3)NC(=S)N2C)cc1.